The predicted octanol–water partition coefficient (Wildman–Crippen LogP) is 7.06. The van der Waals surface area contributed by atoms with Gasteiger partial charge in [0.2, 0.25) is 0 Å². The quantitative estimate of drug-likeness (QED) is 0.342. The summed E-state index contributed by atoms with van der Waals surface area (Å²) in [4.78, 5) is 4.74. The van der Waals surface area contributed by atoms with Crippen molar-refractivity contribution in [2.75, 3.05) is 0 Å². The van der Waals surface area contributed by atoms with Crippen molar-refractivity contribution in [1.29, 1.82) is 0 Å². The zero-order chi connectivity index (χ0) is 20.4. The fourth-order valence-corrected chi connectivity index (χ4v) is 4.12. The Morgan fingerprint density at radius 1 is 0.931 bits per heavy atom. The molecule has 1 unspecified atom stereocenters. The van der Waals surface area contributed by atoms with Crippen LogP contribution in [-0.2, 0) is 5.41 Å². The van der Waals surface area contributed by atoms with Gasteiger partial charge in [0.1, 0.15) is 5.71 Å². The van der Waals surface area contributed by atoms with E-state index in [1.54, 1.807) is 0 Å². The minimum absolute atomic E-state index is 0.0363. The maximum atomic E-state index is 5.75. The molecule has 1 nitrogen and oxygen atoms in total. The van der Waals surface area contributed by atoms with Gasteiger partial charge in [-0.25, -0.2) is 4.99 Å². The Morgan fingerprint density at radius 3 is 2.38 bits per heavy atom. The van der Waals surface area contributed by atoms with Gasteiger partial charge in [0.05, 0.1) is 5.69 Å². The minimum Gasteiger partial charge on any atom is -0.240 e. The first kappa shape index (κ1) is 19.0. The highest BCUT2D eigenvalue weighted by Crippen LogP contribution is 2.49. The second kappa shape index (κ2) is 7.57. The van der Waals surface area contributed by atoms with Crippen LogP contribution in [0, 0.1) is 12.3 Å². The van der Waals surface area contributed by atoms with E-state index in [-0.39, 0.29) is 11.3 Å². The van der Waals surface area contributed by atoms with Crippen LogP contribution in [0.15, 0.2) is 89.9 Å². The van der Waals surface area contributed by atoms with Crippen molar-refractivity contribution in [3.05, 3.63) is 102 Å². The van der Waals surface area contributed by atoms with Crippen molar-refractivity contribution in [2.45, 2.75) is 32.1 Å². The molecule has 3 aromatic carbocycles. The highest BCUT2D eigenvalue weighted by molar-refractivity contribution is 6.09. The third kappa shape index (κ3) is 3.55. The summed E-state index contributed by atoms with van der Waals surface area (Å²) in [5, 5.41) is 0. The van der Waals surface area contributed by atoms with Crippen LogP contribution in [0.4, 0.5) is 5.69 Å². The van der Waals surface area contributed by atoms with Crippen LogP contribution in [0.25, 0.3) is 11.1 Å². The summed E-state index contributed by atoms with van der Waals surface area (Å²) in [7, 11) is 0. The molecule has 0 aromatic heterocycles. The molecule has 1 atom stereocenters. The van der Waals surface area contributed by atoms with Gasteiger partial charge >= 0.3 is 0 Å². The van der Waals surface area contributed by atoms with E-state index in [2.05, 4.69) is 99.5 Å². The lowest BCUT2D eigenvalue weighted by atomic mass is 9.82. The monoisotopic (exact) mass is 375 g/mol. The molecule has 0 N–H and O–H groups in total. The van der Waals surface area contributed by atoms with Gasteiger partial charge in [0, 0.05) is 5.41 Å². The van der Waals surface area contributed by atoms with E-state index in [0.717, 1.165) is 5.69 Å². The van der Waals surface area contributed by atoms with E-state index in [0.29, 0.717) is 5.71 Å². The molecule has 4 rings (SSSR count). The molecule has 0 aliphatic heterocycles. The van der Waals surface area contributed by atoms with E-state index in [4.69, 9.17) is 11.4 Å². The van der Waals surface area contributed by atoms with E-state index in [1.807, 2.05) is 12.1 Å². The normalized spacial score (nSPS) is 15.6. The number of aliphatic imine (C=N–C) groups is 1. The number of terminal acetylenes is 1. The van der Waals surface area contributed by atoms with Crippen molar-refractivity contribution in [1.82, 2.24) is 0 Å². The Labute approximate surface area is 173 Å². The molecule has 0 heterocycles. The molecule has 0 radical (unpaired) electrons. The Hall–Kier alpha value is -3.37. The molecule has 0 bridgehead atoms. The molecule has 1 aliphatic carbocycles. The maximum Gasteiger partial charge on any atom is 0.113 e. The van der Waals surface area contributed by atoms with Crippen LogP contribution in [0.3, 0.4) is 0 Å². The standard InChI is InChI=1S/C28H25N/c1-5-22(16-15-20(2)21-11-7-6-8-12-21)29-23-17-18-25-24-13-9-10-14-26(24)28(3,4)27(25)19-23/h1,6-20H,2-4H3/b16-15-,29-22?. The SMILES string of the molecule is C#CC(/C=C\C(C)c1ccccc1)=Nc1ccc2c(c1)C(C)(C)c1ccccc1-2. The molecule has 0 saturated heterocycles. The third-order valence-electron chi connectivity index (χ3n) is 5.83. The first-order valence-electron chi connectivity index (χ1n) is 10.0. The Morgan fingerprint density at radius 2 is 1.62 bits per heavy atom. The molecular formula is C28H25N. The first-order chi connectivity index (χ1) is 14.0. The summed E-state index contributed by atoms with van der Waals surface area (Å²) in [6, 6.07) is 25.4. The summed E-state index contributed by atoms with van der Waals surface area (Å²) >= 11 is 0. The van der Waals surface area contributed by atoms with E-state index >= 15 is 0 Å². The zero-order valence-corrected chi connectivity index (χ0v) is 17.2. The molecule has 3 aromatic rings. The summed E-state index contributed by atoms with van der Waals surface area (Å²) in [5.41, 5.74) is 8.04. The lowest BCUT2D eigenvalue weighted by molar-refractivity contribution is 0.660. The van der Waals surface area contributed by atoms with Crippen LogP contribution in [0.2, 0.25) is 0 Å². The van der Waals surface area contributed by atoms with Crippen molar-refractivity contribution in [3.63, 3.8) is 0 Å². The number of allylic oxidation sites excluding steroid dienone is 2. The molecular weight excluding hydrogens is 350 g/mol. The highest BCUT2D eigenvalue weighted by atomic mass is 14.7. The minimum atomic E-state index is -0.0363. The molecule has 0 saturated carbocycles. The van der Waals surface area contributed by atoms with Gasteiger partial charge in [-0.15, -0.1) is 6.42 Å². The van der Waals surface area contributed by atoms with Crippen LogP contribution in [0.1, 0.15) is 43.4 Å². The van der Waals surface area contributed by atoms with Gasteiger partial charge < -0.3 is 0 Å². The van der Waals surface area contributed by atoms with Crippen molar-refractivity contribution < 1.29 is 0 Å². The van der Waals surface area contributed by atoms with Crippen molar-refractivity contribution in [3.8, 4) is 23.5 Å². The maximum absolute atomic E-state index is 5.75. The summed E-state index contributed by atoms with van der Waals surface area (Å²) < 4.78 is 0. The van der Waals surface area contributed by atoms with E-state index in [1.165, 1.54) is 27.8 Å². The lowest BCUT2D eigenvalue weighted by Crippen LogP contribution is -2.14. The second-order valence-electron chi connectivity index (χ2n) is 8.10. The van der Waals surface area contributed by atoms with E-state index < -0.39 is 0 Å². The van der Waals surface area contributed by atoms with Crippen molar-refractivity contribution in [2.24, 2.45) is 4.99 Å². The molecule has 142 valence electrons. The summed E-state index contributed by atoms with van der Waals surface area (Å²) in [6.45, 7) is 6.71. The van der Waals surface area contributed by atoms with Crippen LogP contribution in [-0.4, -0.2) is 5.71 Å². The summed E-state index contributed by atoms with van der Waals surface area (Å²) in [5.74, 6) is 3.01. The average Bonchev–Trinajstić information content (AvgIpc) is 2.98. The molecule has 0 spiro atoms. The number of hydrogen-bond acceptors (Lipinski definition) is 1. The fraction of sp³-hybridized carbons (Fsp3) is 0.179. The Kier molecular flexibility index (Phi) is 4.95. The molecule has 0 fully saturated rings. The predicted molar refractivity (Wildman–Crippen MR) is 124 cm³/mol. The van der Waals surface area contributed by atoms with Gasteiger partial charge in [-0.3, -0.25) is 0 Å². The fourth-order valence-electron chi connectivity index (χ4n) is 4.12. The van der Waals surface area contributed by atoms with Gasteiger partial charge in [-0.05, 0) is 51.9 Å². The van der Waals surface area contributed by atoms with Gasteiger partial charge in [0.15, 0.2) is 0 Å². The first-order valence-corrected chi connectivity index (χ1v) is 10.0. The largest absolute Gasteiger partial charge is 0.240 e. The highest BCUT2D eigenvalue weighted by Gasteiger charge is 2.35. The number of rotatable bonds is 4. The smallest absolute Gasteiger partial charge is 0.113 e. The van der Waals surface area contributed by atoms with Gasteiger partial charge in [-0.1, -0.05) is 93.4 Å². The molecule has 29 heavy (non-hydrogen) atoms. The van der Waals surface area contributed by atoms with Crippen LogP contribution < -0.4 is 0 Å². The Bertz CT molecular complexity index is 1140. The molecule has 0 amide bonds. The van der Waals surface area contributed by atoms with E-state index in [9.17, 15) is 0 Å². The third-order valence-corrected chi connectivity index (χ3v) is 5.83. The molecule has 1 heteroatoms. The zero-order valence-electron chi connectivity index (χ0n) is 17.2. The van der Waals surface area contributed by atoms with Gasteiger partial charge in [-0.2, -0.15) is 0 Å². The molecule has 1 aliphatic rings. The topological polar surface area (TPSA) is 12.4 Å². The van der Waals surface area contributed by atoms with Gasteiger partial charge in [0.25, 0.3) is 0 Å². The number of benzene rings is 3. The second-order valence-corrected chi connectivity index (χ2v) is 8.10. The summed E-state index contributed by atoms with van der Waals surface area (Å²) in [6.07, 6.45) is 9.81. The number of nitrogens with zero attached hydrogens (tertiary/aromatic N) is 1. The number of fused-ring (bicyclic) bond motifs is 3. The lowest BCUT2D eigenvalue weighted by Gasteiger charge is -2.21. The van der Waals surface area contributed by atoms with Crippen molar-refractivity contribution >= 4 is 11.4 Å². The number of hydrogen-bond donors (Lipinski definition) is 0. The van der Waals surface area contributed by atoms with Crippen LogP contribution >= 0.6 is 0 Å². The Balaban J connectivity index is 1.64. The van der Waals surface area contributed by atoms with Crippen LogP contribution in [0.5, 0.6) is 0 Å². The average molecular weight is 376 g/mol.